The van der Waals surface area contributed by atoms with Crippen molar-refractivity contribution in [2.45, 2.75) is 45.6 Å². The van der Waals surface area contributed by atoms with Crippen molar-refractivity contribution < 1.29 is 4.74 Å². The molecule has 1 aromatic carbocycles. The van der Waals surface area contributed by atoms with Crippen molar-refractivity contribution in [1.29, 1.82) is 0 Å². The number of ether oxygens (including phenoxy) is 1. The maximum atomic E-state index is 5.83. The number of benzene rings is 1. The molecule has 0 fully saturated rings. The Balaban J connectivity index is 2.01. The van der Waals surface area contributed by atoms with Gasteiger partial charge in [-0.2, -0.15) is 0 Å². The molecule has 0 aromatic heterocycles. The zero-order valence-corrected chi connectivity index (χ0v) is 11.0. The Hall–Kier alpha value is -1.02. The van der Waals surface area contributed by atoms with Crippen molar-refractivity contribution >= 4 is 0 Å². The normalized spacial score (nSPS) is 16.1. The second-order valence-corrected chi connectivity index (χ2v) is 4.85. The molecule has 0 radical (unpaired) electrons. The highest BCUT2D eigenvalue weighted by molar-refractivity contribution is 5.42. The van der Waals surface area contributed by atoms with Gasteiger partial charge in [0, 0.05) is 6.04 Å². The first-order valence-electron chi connectivity index (χ1n) is 6.78. The topological polar surface area (TPSA) is 21.3 Å². The quantitative estimate of drug-likeness (QED) is 0.844. The first kappa shape index (κ1) is 12.4. The number of aryl methyl sites for hydroxylation is 2. The van der Waals surface area contributed by atoms with Crippen LogP contribution in [0.3, 0.4) is 0 Å². The number of rotatable bonds is 5. The number of fused-ring (bicyclic) bond motifs is 1. The van der Waals surface area contributed by atoms with Gasteiger partial charge in [-0.05, 0) is 50.3 Å². The van der Waals surface area contributed by atoms with Gasteiger partial charge in [-0.1, -0.05) is 25.1 Å². The van der Waals surface area contributed by atoms with E-state index in [1.54, 1.807) is 0 Å². The summed E-state index contributed by atoms with van der Waals surface area (Å²) in [7, 11) is 0. The Kier molecular flexibility index (Phi) is 4.43. The molecule has 94 valence electrons. The van der Waals surface area contributed by atoms with Crippen molar-refractivity contribution in [3.63, 3.8) is 0 Å². The lowest BCUT2D eigenvalue weighted by atomic mass is 9.98. The molecule has 1 aliphatic heterocycles. The standard InChI is InChI=1S/C15H23NO/c1-3-16-12(2)9-10-14-7-4-6-13-8-5-11-17-15(13)14/h4,6-7,12,16H,3,5,8-11H2,1-2H3. The van der Waals surface area contributed by atoms with Crippen molar-refractivity contribution in [1.82, 2.24) is 5.32 Å². The fraction of sp³-hybridized carbons (Fsp3) is 0.600. The molecule has 1 heterocycles. The summed E-state index contributed by atoms with van der Waals surface area (Å²) in [5.41, 5.74) is 2.77. The predicted molar refractivity (Wildman–Crippen MR) is 71.7 cm³/mol. The minimum absolute atomic E-state index is 0.583. The molecule has 2 rings (SSSR count). The maximum absolute atomic E-state index is 5.83. The fourth-order valence-electron chi connectivity index (χ4n) is 2.48. The van der Waals surface area contributed by atoms with Gasteiger partial charge < -0.3 is 10.1 Å². The molecule has 0 bridgehead atoms. The lowest BCUT2D eigenvalue weighted by molar-refractivity contribution is 0.284. The third-order valence-corrected chi connectivity index (χ3v) is 3.41. The van der Waals surface area contributed by atoms with E-state index in [0.717, 1.165) is 26.0 Å². The van der Waals surface area contributed by atoms with Crippen LogP contribution < -0.4 is 10.1 Å². The van der Waals surface area contributed by atoms with E-state index in [9.17, 15) is 0 Å². The van der Waals surface area contributed by atoms with Gasteiger partial charge in [0.05, 0.1) is 6.61 Å². The number of hydrogen-bond acceptors (Lipinski definition) is 2. The summed E-state index contributed by atoms with van der Waals surface area (Å²) < 4.78 is 5.83. The van der Waals surface area contributed by atoms with E-state index < -0.39 is 0 Å². The van der Waals surface area contributed by atoms with Crippen LogP contribution in [-0.4, -0.2) is 19.2 Å². The van der Waals surface area contributed by atoms with E-state index in [-0.39, 0.29) is 0 Å². The Morgan fingerprint density at radius 1 is 1.41 bits per heavy atom. The molecule has 0 spiro atoms. The van der Waals surface area contributed by atoms with Crippen molar-refractivity contribution in [2.75, 3.05) is 13.2 Å². The Morgan fingerprint density at radius 2 is 2.29 bits per heavy atom. The molecule has 0 saturated heterocycles. The number of hydrogen-bond donors (Lipinski definition) is 1. The first-order valence-corrected chi connectivity index (χ1v) is 6.78. The second-order valence-electron chi connectivity index (χ2n) is 4.85. The monoisotopic (exact) mass is 233 g/mol. The summed E-state index contributed by atoms with van der Waals surface area (Å²) in [5, 5.41) is 3.45. The zero-order valence-electron chi connectivity index (χ0n) is 11.0. The maximum Gasteiger partial charge on any atom is 0.125 e. The summed E-state index contributed by atoms with van der Waals surface area (Å²) in [5.74, 6) is 1.17. The molecule has 0 saturated carbocycles. The van der Waals surface area contributed by atoms with Gasteiger partial charge in [-0.3, -0.25) is 0 Å². The van der Waals surface area contributed by atoms with Crippen LogP contribution >= 0.6 is 0 Å². The third kappa shape index (κ3) is 3.22. The van der Waals surface area contributed by atoms with Crippen LogP contribution in [0.2, 0.25) is 0 Å². The molecule has 2 heteroatoms. The van der Waals surface area contributed by atoms with Crippen LogP contribution in [0.4, 0.5) is 0 Å². The van der Waals surface area contributed by atoms with Crippen molar-refractivity contribution in [2.24, 2.45) is 0 Å². The SMILES string of the molecule is CCNC(C)CCc1cccc2c1OCCC2. The van der Waals surface area contributed by atoms with Crippen LogP contribution in [0.15, 0.2) is 18.2 Å². The average Bonchev–Trinajstić information content (AvgIpc) is 2.36. The highest BCUT2D eigenvalue weighted by atomic mass is 16.5. The van der Waals surface area contributed by atoms with E-state index in [1.807, 2.05) is 0 Å². The molecular weight excluding hydrogens is 210 g/mol. The van der Waals surface area contributed by atoms with E-state index in [1.165, 1.54) is 29.7 Å². The van der Waals surface area contributed by atoms with E-state index in [4.69, 9.17) is 4.74 Å². The highest BCUT2D eigenvalue weighted by Crippen LogP contribution is 2.29. The molecule has 0 amide bonds. The van der Waals surface area contributed by atoms with E-state index in [2.05, 4.69) is 37.4 Å². The third-order valence-electron chi connectivity index (χ3n) is 3.41. The van der Waals surface area contributed by atoms with Gasteiger partial charge >= 0.3 is 0 Å². The highest BCUT2D eigenvalue weighted by Gasteiger charge is 2.14. The molecule has 17 heavy (non-hydrogen) atoms. The van der Waals surface area contributed by atoms with Crippen molar-refractivity contribution in [3.05, 3.63) is 29.3 Å². The number of para-hydroxylation sites is 1. The summed E-state index contributed by atoms with van der Waals surface area (Å²) >= 11 is 0. The van der Waals surface area contributed by atoms with E-state index in [0.29, 0.717) is 6.04 Å². The molecule has 1 N–H and O–H groups in total. The van der Waals surface area contributed by atoms with Crippen LogP contribution in [0.25, 0.3) is 0 Å². The Labute approximate surface area is 104 Å². The molecular formula is C15H23NO. The van der Waals surface area contributed by atoms with E-state index >= 15 is 0 Å². The van der Waals surface area contributed by atoms with Gasteiger partial charge in [-0.15, -0.1) is 0 Å². The van der Waals surface area contributed by atoms with Gasteiger partial charge in [-0.25, -0.2) is 0 Å². The molecule has 1 unspecified atom stereocenters. The molecule has 1 aromatic rings. The van der Waals surface area contributed by atoms with Crippen LogP contribution in [0.5, 0.6) is 5.75 Å². The summed E-state index contributed by atoms with van der Waals surface area (Å²) in [6.45, 7) is 6.33. The number of nitrogens with one attached hydrogen (secondary N) is 1. The lowest BCUT2D eigenvalue weighted by Crippen LogP contribution is -2.26. The lowest BCUT2D eigenvalue weighted by Gasteiger charge is -2.21. The minimum Gasteiger partial charge on any atom is -0.493 e. The summed E-state index contributed by atoms with van der Waals surface area (Å²) in [4.78, 5) is 0. The van der Waals surface area contributed by atoms with Crippen LogP contribution in [0, 0.1) is 0 Å². The molecule has 0 aliphatic carbocycles. The summed E-state index contributed by atoms with van der Waals surface area (Å²) in [6, 6.07) is 7.16. The molecule has 2 nitrogen and oxygen atoms in total. The van der Waals surface area contributed by atoms with Gasteiger partial charge in [0.1, 0.15) is 5.75 Å². The van der Waals surface area contributed by atoms with Gasteiger partial charge in [0.2, 0.25) is 0 Å². The van der Waals surface area contributed by atoms with Crippen LogP contribution in [-0.2, 0) is 12.8 Å². The average molecular weight is 233 g/mol. The molecule has 1 atom stereocenters. The second kappa shape index (κ2) is 6.06. The smallest absolute Gasteiger partial charge is 0.125 e. The first-order chi connectivity index (χ1) is 8.31. The molecule has 1 aliphatic rings. The fourth-order valence-corrected chi connectivity index (χ4v) is 2.48. The largest absolute Gasteiger partial charge is 0.493 e. The Morgan fingerprint density at radius 3 is 3.12 bits per heavy atom. The van der Waals surface area contributed by atoms with Crippen molar-refractivity contribution in [3.8, 4) is 5.75 Å². The Bertz CT molecular complexity index is 362. The summed E-state index contributed by atoms with van der Waals surface area (Å²) in [6.07, 6.45) is 4.61. The minimum atomic E-state index is 0.583. The van der Waals surface area contributed by atoms with Crippen LogP contribution in [0.1, 0.15) is 37.8 Å². The zero-order chi connectivity index (χ0) is 12.1. The van der Waals surface area contributed by atoms with Gasteiger partial charge in [0.15, 0.2) is 0 Å². The van der Waals surface area contributed by atoms with Gasteiger partial charge in [0.25, 0.3) is 0 Å². The predicted octanol–water partition coefficient (Wildman–Crippen LogP) is 2.94.